The maximum absolute atomic E-state index is 13.3. The number of nitrogens with one attached hydrogen (secondary N) is 3. The van der Waals surface area contributed by atoms with Crippen molar-refractivity contribution in [2.45, 2.75) is 37.0 Å². The van der Waals surface area contributed by atoms with Crippen LogP contribution in [0, 0.1) is 0 Å². The van der Waals surface area contributed by atoms with Gasteiger partial charge in [-0.25, -0.2) is 0 Å². The van der Waals surface area contributed by atoms with Gasteiger partial charge >= 0.3 is 6.18 Å². The summed E-state index contributed by atoms with van der Waals surface area (Å²) in [5.74, 6) is 0.640. The summed E-state index contributed by atoms with van der Waals surface area (Å²) in [6.45, 7) is 1.67. The SMILES string of the molecule is O=C(N[C@@H]1CCOc2cc(C(F)(F)F)ccc21)c1cccc(NC2(c3nnc(-c4ccncc4)o3)CCNCC2)c1. The van der Waals surface area contributed by atoms with Crippen LogP contribution in [0.1, 0.15) is 52.7 Å². The lowest BCUT2D eigenvalue weighted by Crippen LogP contribution is -2.45. The fraction of sp³-hybridized carbons (Fsp3) is 0.310. The summed E-state index contributed by atoms with van der Waals surface area (Å²) in [5.41, 5.74) is 0.956. The Morgan fingerprint density at radius 2 is 1.83 bits per heavy atom. The molecule has 2 aliphatic heterocycles. The molecule has 4 heterocycles. The number of carbonyl (C=O) groups is 1. The molecule has 6 rings (SSSR count). The van der Waals surface area contributed by atoms with Gasteiger partial charge in [0.1, 0.15) is 11.3 Å². The van der Waals surface area contributed by atoms with Gasteiger partial charge in [-0.3, -0.25) is 9.78 Å². The highest BCUT2D eigenvalue weighted by molar-refractivity contribution is 5.95. The number of pyridine rings is 1. The number of anilines is 1. The Kier molecular flexibility index (Phi) is 7.08. The smallest absolute Gasteiger partial charge is 0.416 e. The van der Waals surface area contributed by atoms with Gasteiger partial charge in [0.25, 0.3) is 5.91 Å². The summed E-state index contributed by atoms with van der Waals surface area (Å²) in [4.78, 5) is 17.3. The first-order chi connectivity index (χ1) is 19.8. The quantitative estimate of drug-likeness (QED) is 0.297. The molecule has 2 aliphatic rings. The Morgan fingerprint density at radius 1 is 1.02 bits per heavy atom. The zero-order valence-corrected chi connectivity index (χ0v) is 21.9. The van der Waals surface area contributed by atoms with Crippen molar-refractivity contribution < 1.29 is 27.1 Å². The predicted molar refractivity (Wildman–Crippen MR) is 143 cm³/mol. The maximum atomic E-state index is 13.3. The van der Waals surface area contributed by atoms with E-state index in [1.165, 1.54) is 6.07 Å². The van der Waals surface area contributed by atoms with Crippen LogP contribution in [-0.4, -0.2) is 40.8 Å². The monoisotopic (exact) mass is 564 g/mol. The molecule has 3 N–H and O–H groups in total. The Bertz CT molecular complexity index is 1540. The lowest BCUT2D eigenvalue weighted by atomic mass is 9.87. The molecular weight excluding hydrogens is 537 g/mol. The van der Waals surface area contributed by atoms with Gasteiger partial charge in [0.05, 0.1) is 18.2 Å². The first-order valence-electron chi connectivity index (χ1n) is 13.3. The number of benzene rings is 2. The molecule has 0 spiro atoms. The molecular formula is C29H27F3N6O3. The zero-order valence-electron chi connectivity index (χ0n) is 21.9. The number of ether oxygens (including phenoxy) is 1. The highest BCUT2D eigenvalue weighted by Gasteiger charge is 2.39. The average molecular weight is 565 g/mol. The van der Waals surface area contributed by atoms with Gasteiger partial charge < -0.3 is 25.1 Å². The molecule has 0 saturated carbocycles. The molecule has 1 amide bonds. The summed E-state index contributed by atoms with van der Waals surface area (Å²) in [6.07, 6.45) is 0.644. The van der Waals surface area contributed by atoms with Gasteiger partial charge in [0.15, 0.2) is 0 Å². The minimum atomic E-state index is -4.48. The Balaban J connectivity index is 1.21. The third kappa shape index (κ3) is 5.60. The van der Waals surface area contributed by atoms with Gasteiger partial charge in [0.2, 0.25) is 11.8 Å². The second-order valence-corrected chi connectivity index (χ2v) is 10.1. The lowest BCUT2D eigenvalue weighted by molar-refractivity contribution is -0.137. The van der Waals surface area contributed by atoms with Crippen LogP contribution in [0.5, 0.6) is 5.75 Å². The van der Waals surface area contributed by atoms with Gasteiger partial charge in [-0.2, -0.15) is 13.2 Å². The number of halogens is 3. The second-order valence-electron chi connectivity index (χ2n) is 10.1. The van der Waals surface area contributed by atoms with E-state index >= 15 is 0 Å². The molecule has 0 radical (unpaired) electrons. The van der Waals surface area contributed by atoms with Gasteiger partial charge in [-0.1, -0.05) is 12.1 Å². The molecule has 41 heavy (non-hydrogen) atoms. The first kappa shape index (κ1) is 26.8. The highest BCUT2D eigenvalue weighted by atomic mass is 19.4. The molecule has 0 unspecified atom stereocenters. The first-order valence-corrected chi connectivity index (χ1v) is 13.3. The van der Waals surface area contributed by atoms with E-state index in [4.69, 9.17) is 9.15 Å². The third-order valence-electron chi connectivity index (χ3n) is 7.41. The van der Waals surface area contributed by atoms with Crippen LogP contribution in [0.15, 0.2) is 71.4 Å². The number of alkyl halides is 3. The number of aromatic nitrogens is 3. The van der Waals surface area contributed by atoms with Crippen molar-refractivity contribution in [1.82, 2.24) is 25.8 Å². The predicted octanol–water partition coefficient (Wildman–Crippen LogP) is 5.09. The average Bonchev–Trinajstić information content (AvgIpc) is 3.49. The van der Waals surface area contributed by atoms with Crippen LogP contribution in [0.3, 0.4) is 0 Å². The molecule has 2 aromatic heterocycles. The molecule has 2 aromatic carbocycles. The van der Waals surface area contributed by atoms with Crippen molar-refractivity contribution in [3.8, 4) is 17.2 Å². The van der Waals surface area contributed by atoms with E-state index in [1.54, 1.807) is 42.7 Å². The summed E-state index contributed by atoms with van der Waals surface area (Å²) in [5, 5.41) is 18.5. The number of fused-ring (bicyclic) bond motifs is 1. The molecule has 9 nitrogen and oxygen atoms in total. The van der Waals surface area contributed by atoms with E-state index in [0.717, 1.165) is 30.8 Å². The molecule has 1 atom stereocenters. The fourth-order valence-corrected chi connectivity index (χ4v) is 5.25. The number of amides is 1. The number of hydrogen-bond donors (Lipinski definition) is 3. The van der Waals surface area contributed by atoms with E-state index in [-0.39, 0.29) is 18.3 Å². The molecule has 1 saturated heterocycles. The zero-order chi connectivity index (χ0) is 28.5. The van der Waals surface area contributed by atoms with Crippen molar-refractivity contribution in [2.24, 2.45) is 0 Å². The molecule has 4 aromatic rings. The third-order valence-corrected chi connectivity index (χ3v) is 7.41. The molecule has 12 heteroatoms. The number of carbonyl (C=O) groups excluding carboxylic acids is 1. The van der Waals surface area contributed by atoms with Crippen LogP contribution < -0.4 is 20.7 Å². The van der Waals surface area contributed by atoms with Crippen LogP contribution >= 0.6 is 0 Å². The van der Waals surface area contributed by atoms with Crippen LogP contribution in [-0.2, 0) is 11.7 Å². The Hall–Kier alpha value is -4.45. The van der Waals surface area contributed by atoms with Gasteiger partial charge in [-0.15, -0.1) is 10.2 Å². The van der Waals surface area contributed by atoms with Crippen molar-refractivity contribution >= 4 is 11.6 Å². The number of piperidine rings is 1. The molecule has 0 bridgehead atoms. The fourth-order valence-electron chi connectivity index (χ4n) is 5.25. The van der Waals surface area contributed by atoms with E-state index < -0.39 is 23.3 Å². The summed E-state index contributed by atoms with van der Waals surface area (Å²) in [7, 11) is 0. The van der Waals surface area contributed by atoms with Crippen LogP contribution in [0.25, 0.3) is 11.5 Å². The van der Waals surface area contributed by atoms with Crippen LogP contribution in [0.2, 0.25) is 0 Å². The van der Waals surface area contributed by atoms with Crippen molar-refractivity contribution in [2.75, 3.05) is 25.0 Å². The second kappa shape index (κ2) is 10.8. The summed E-state index contributed by atoms with van der Waals surface area (Å²) in [6, 6.07) is 13.5. The lowest BCUT2D eigenvalue weighted by Gasteiger charge is -2.36. The van der Waals surface area contributed by atoms with E-state index in [0.29, 0.717) is 47.9 Å². The van der Waals surface area contributed by atoms with Crippen molar-refractivity contribution in [3.63, 3.8) is 0 Å². The van der Waals surface area contributed by atoms with Gasteiger partial charge in [0, 0.05) is 41.2 Å². The van der Waals surface area contributed by atoms with E-state index in [2.05, 4.69) is 31.1 Å². The standard InChI is InChI=1S/C29H27F3N6O3/c30-29(31,32)20-4-5-22-23(8-15-40-24(22)17-20)35-25(39)19-2-1-3-21(16-19)36-28(9-13-34-14-10-28)27-38-37-26(41-27)18-6-11-33-12-7-18/h1-7,11-12,16-17,23,34,36H,8-10,13-15H2,(H,35,39)/t23-/m1/s1. The number of hydrogen-bond acceptors (Lipinski definition) is 8. The normalized spacial score (nSPS) is 18.2. The minimum Gasteiger partial charge on any atom is -0.493 e. The van der Waals surface area contributed by atoms with Crippen LogP contribution in [0.4, 0.5) is 18.9 Å². The topological polar surface area (TPSA) is 114 Å². The summed E-state index contributed by atoms with van der Waals surface area (Å²) >= 11 is 0. The Morgan fingerprint density at radius 3 is 2.61 bits per heavy atom. The molecule has 212 valence electrons. The maximum Gasteiger partial charge on any atom is 0.416 e. The number of rotatable bonds is 6. The van der Waals surface area contributed by atoms with Gasteiger partial charge in [-0.05, 0) is 68.4 Å². The molecule has 0 aliphatic carbocycles. The van der Waals surface area contributed by atoms with Crippen molar-refractivity contribution in [3.05, 3.63) is 89.6 Å². The van der Waals surface area contributed by atoms with E-state index in [9.17, 15) is 18.0 Å². The largest absolute Gasteiger partial charge is 0.493 e. The number of nitrogens with zero attached hydrogens (tertiary/aromatic N) is 3. The van der Waals surface area contributed by atoms with Crippen molar-refractivity contribution in [1.29, 1.82) is 0 Å². The highest BCUT2D eigenvalue weighted by Crippen LogP contribution is 2.39. The minimum absolute atomic E-state index is 0.130. The molecule has 1 fully saturated rings. The van der Waals surface area contributed by atoms with E-state index in [1.807, 2.05) is 6.07 Å². The Labute approximate surface area is 233 Å². The summed E-state index contributed by atoms with van der Waals surface area (Å²) < 4.78 is 51.1.